The van der Waals surface area contributed by atoms with E-state index in [1.54, 1.807) is 6.20 Å². The Bertz CT molecular complexity index is 1200. The third-order valence-corrected chi connectivity index (χ3v) is 8.59. The molecule has 5 nitrogen and oxygen atoms in total. The minimum atomic E-state index is -2.52. The van der Waals surface area contributed by atoms with Gasteiger partial charge in [-0.2, -0.15) is 0 Å². The van der Waals surface area contributed by atoms with Gasteiger partial charge in [-0.3, -0.25) is 4.57 Å². The van der Waals surface area contributed by atoms with Crippen LogP contribution in [0.25, 0.3) is 5.69 Å². The lowest BCUT2D eigenvalue weighted by atomic mass is 9.75. The number of fused-ring (bicyclic) bond motifs is 3. The summed E-state index contributed by atoms with van der Waals surface area (Å²) in [6, 6.07) is 11.8. The summed E-state index contributed by atoms with van der Waals surface area (Å²) >= 11 is 6.41. The van der Waals surface area contributed by atoms with Gasteiger partial charge in [-0.25, -0.2) is 13.8 Å². The first-order chi connectivity index (χ1) is 17.4. The van der Waals surface area contributed by atoms with Crippen molar-refractivity contribution in [3.8, 4) is 11.6 Å². The molecule has 0 bridgehead atoms. The summed E-state index contributed by atoms with van der Waals surface area (Å²) in [7, 11) is 0. The normalized spacial score (nSPS) is 26.0. The second kappa shape index (κ2) is 9.73. The Labute approximate surface area is 215 Å². The van der Waals surface area contributed by atoms with Crippen LogP contribution in [-0.4, -0.2) is 31.8 Å². The van der Waals surface area contributed by atoms with Crippen molar-refractivity contribution in [3.05, 3.63) is 64.8 Å². The van der Waals surface area contributed by atoms with Crippen molar-refractivity contribution in [1.82, 2.24) is 19.7 Å². The quantitative estimate of drug-likeness (QED) is 0.379. The number of alkyl halides is 2. The van der Waals surface area contributed by atoms with Crippen molar-refractivity contribution in [1.29, 1.82) is 0 Å². The Morgan fingerprint density at radius 1 is 0.917 bits per heavy atom. The minimum Gasteiger partial charge on any atom is -0.474 e. The van der Waals surface area contributed by atoms with Gasteiger partial charge in [0.15, 0.2) is 0 Å². The molecule has 2 saturated carbocycles. The molecule has 2 fully saturated rings. The molecule has 0 radical (unpaired) electrons. The molecule has 1 atom stereocenters. The molecule has 6 rings (SSSR count). The lowest BCUT2D eigenvalue weighted by Crippen LogP contribution is -2.30. The van der Waals surface area contributed by atoms with E-state index in [2.05, 4.69) is 20.7 Å². The van der Waals surface area contributed by atoms with Crippen LogP contribution in [0.15, 0.2) is 42.6 Å². The fourth-order valence-corrected chi connectivity index (χ4v) is 6.60. The van der Waals surface area contributed by atoms with E-state index in [-0.39, 0.29) is 30.8 Å². The van der Waals surface area contributed by atoms with Gasteiger partial charge >= 0.3 is 0 Å². The summed E-state index contributed by atoms with van der Waals surface area (Å²) < 4.78 is 36.1. The molecule has 36 heavy (non-hydrogen) atoms. The number of ether oxygens (including phenoxy) is 1. The molecule has 2 aliphatic carbocycles. The molecule has 1 aromatic carbocycles. The summed E-state index contributed by atoms with van der Waals surface area (Å²) in [6.45, 7) is 0. The predicted octanol–water partition coefficient (Wildman–Crippen LogP) is 6.96. The zero-order valence-corrected chi connectivity index (χ0v) is 21.0. The van der Waals surface area contributed by atoms with Crippen molar-refractivity contribution in [2.45, 2.75) is 82.2 Å². The van der Waals surface area contributed by atoms with E-state index in [0.29, 0.717) is 29.7 Å². The van der Waals surface area contributed by atoms with E-state index in [0.717, 1.165) is 61.4 Å². The van der Waals surface area contributed by atoms with Crippen molar-refractivity contribution >= 4 is 11.6 Å². The number of benzene rings is 1. The molecule has 0 saturated heterocycles. The number of nitrogens with zero attached hydrogens (tertiary/aromatic N) is 4. The molecule has 3 aromatic rings. The fraction of sp³-hybridized carbons (Fsp3) is 0.536. The Morgan fingerprint density at radius 2 is 1.72 bits per heavy atom. The van der Waals surface area contributed by atoms with E-state index in [4.69, 9.17) is 21.4 Å². The number of hydrogen-bond acceptors (Lipinski definition) is 4. The third-order valence-electron chi connectivity index (χ3n) is 8.36. The lowest BCUT2D eigenvalue weighted by molar-refractivity contribution is -0.0522. The van der Waals surface area contributed by atoms with Crippen LogP contribution in [0.1, 0.15) is 74.5 Å². The van der Waals surface area contributed by atoms with Crippen LogP contribution in [-0.2, 0) is 12.8 Å². The predicted molar refractivity (Wildman–Crippen MR) is 134 cm³/mol. The van der Waals surface area contributed by atoms with E-state index in [9.17, 15) is 8.78 Å². The molecule has 2 aromatic heterocycles. The van der Waals surface area contributed by atoms with Crippen molar-refractivity contribution in [2.24, 2.45) is 11.8 Å². The Balaban J connectivity index is 1.24. The molecular weight excluding hydrogens is 482 g/mol. The highest BCUT2D eigenvalue weighted by atomic mass is 35.5. The van der Waals surface area contributed by atoms with Crippen LogP contribution < -0.4 is 4.74 Å². The molecule has 3 aliphatic rings. The molecule has 1 aliphatic heterocycles. The van der Waals surface area contributed by atoms with Crippen LogP contribution in [0.3, 0.4) is 0 Å². The van der Waals surface area contributed by atoms with Gasteiger partial charge in [0.1, 0.15) is 17.8 Å². The largest absolute Gasteiger partial charge is 0.474 e. The number of hydrogen-bond donors (Lipinski definition) is 0. The summed E-state index contributed by atoms with van der Waals surface area (Å²) in [5.74, 6) is 0.926. The summed E-state index contributed by atoms with van der Waals surface area (Å²) in [5, 5.41) is 10.1. The van der Waals surface area contributed by atoms with Gasteiger partial charge in [0.25, 0.3) is 0 Å². The van der Waals surface area contributed by atoms with Crippen LogP contribution in [0.4, 0.5) is 8.78 Å². The first-order valence-corrected chi connectivity index (χ1v) is 13.5. The van der Waals surface area contributed by atoms with Crippen molar-refractivity contribution in [3.63, 3.8) is 0 Å². The highest BCUT2D eigenvalue weighted by molar-refractivity contribution is 6.30. The van der Waals surface area contributed by atoms with Gasteiger partial charge in [0.05, 0.1) is 5.69 Å². The van der Waals surface area contributed by atoms with Gasteiger partial charge < -0.3 is 4.74 Å². The molecule has 0 amide bonds. The average Bonchev–Trinajstić information content (AvgIpc) is 3.21. The number of pyridine rings is 1. The second-order valence-electron chi connectivity index (χ2n) is 10.7. The maximum atomic E-state index is 13.9. The minimum absolute atomic E-state index is 0.0156. The maximum Gasteiger partial charge on any atom is 0.248 e. The summed E-state index contributed by atoms with van der Waals surface area (Å²) in [4.78, 5) is 4.29. The Morgan fingerprint density at radius 3 is 2.47 bits per heavy atom. The molecule has 1 unspecified atom stereocenters. The van der Waals surface area contributed by atoms with Gasteiger partial charge in [-0.05, 0) is 86.6 Å². The Hall–Kier alpha value is -2.54. The van der Waals surface area contributed by atoms with Crippen molar-refractivity contribution < 1.29 is 13.5 Å². The molecule has 8 heteroatoms. The summed E-state index contributed by atoms with van der Waals surface area (Å²) in [6.07, 6.45) is 8.42. The van der Waals surface area contributed by atoms with Gasteiger partial charge in [0.2, 0.25) is 11.8 Å². The van der Waals surface area contributed by atoms with Crippen LogP contribution >= 0.6 is 11.6 Å². The molecule has 0 N–H and O–H groups in total. The fourth-order valence-electron chi connectivity index (χ4n) is 6.41. The second-order valence-corrected chi connectivity index (χ2v) is 11.1. The zero-order valence-electron chi connectivity index (χ0n) is 20.3. The van der Waals surface area contributed by atoms with Crippen LogP contribution in [0, 0.1) is 11.8 Å². The zero-order chi connectivity index (χ0) is 24.7. The SMILES string of the molecule is FC1(F)CCC(C2Cc3cc(Cl)ccc3-n3c(nnc3C3CCC(Oc4ccccn4)CC3)C2)CC1. The van der Waals surface area contributed by atoms with Crippen molar-refractivity contribution in [2.75, 3.05) is 0 Å². The van der Waals surface area contributed by atoms with Crippen LogP contribution in [0.5, 0.6) is 5.88 Å². The monoisotopic (exact) mass is 512 g/mol. The number of rotatable bonds is 4. The maximum absolute atomic E-state index is 13.9. The van der Waals surface area contributed by atoms with E-state index in [1.807, 2.05) is 30.3 Å². The van der Waals surface area contributed by atoms with Crippen LogP contribution in [0.2, 0.25) is 5.02 Å². The highest BCUT2D eigenvalue weighted by Gasteiger charge is 2.39. The first-order valence-electron chi connectivity index (χ1n) is 13.1. The lowest BCUT2D eigenvalue weighted by Gasteiger charge is -2.33. The third kappa shape index (κ3) is 4.86. The van der Waals surface area contributed by atoms with Gasteiger partial charge in [0, 0.05) is 42.5 Å². The first kappa shape index (κ1) is 23.8. The molecular formula is C28H31ClF2N4O. The molecule has 190 valence electrons. The van der Waals surface area contributed by atoms with E-state index >= 15 is 0 Å². The van der Waals surface area contributed by atoms with E-state index < -0.39 is 5.92 Å². The molecule has 3 heterocycles. The van der Waals surface area contributed by atoms with Gasteiger partial charge in [-0.15, -0.1) is 10.2 Å². The topological polar surface area (TPSA) is 52.8 Å². The van der Waals surface area contributed by atoms with E-state index in [1.165, 1.54) is 0 Å². The standard InChI is InChI=1S/C28H31ClF2N4O/c29-22-6-9-24-21(16-22)15-20(18-10-12-28(30,31)13-11-18)17-25-33-34-27(35(24)25)19-4-7-23(8-5-19)36-26-3-1-2-14-32-26/h1-3,6,9,14,16,18-20,23H,4-5,7-8,10-13,15,17H2. The number of aromatic nitrogens is 4. The smallest absolute Gasteiger partial charge is 0.248 e. The molecule has 0 spiro atoms. The Kier molecular flexibility index (Phi) is 6.44. The average molecular weight is 513 g/mol. The van der Waals surface area contributed by atoms with Gasteiger partial charge in [-0.1, -0.05) is 17.7 Å². The highest BCUT2D eigenvalue weighted by Crippen LogP contribution is 2.43. The number of halogens is 3. The summed E-state index contributed by atoms with van der Waals surface area (Å²) in [5.41, 5.74) is 2.25.